The van der Waals surface area contributed by atoms with E-state index in [1.807, 2.05) is 0 Å². The Morgan fingerprint density at radius 2 is 0.964 bits per heavy atom. The predicted octanol–water partition coefficient (Wildman–Crippen LogP) is 4.98. The van der Waals surface area contributed by atoms with Gasteiger partial charge in [0.25, 0.3) is 0 Å². The van der Waals surface area contributed by atoms with Crippen molar-refractivity contribution in [2.75, 3.05) is 6.61 Å². The van der Waals surface area contributed by atoms with E-state index in [2.05, 4.69) is 12.7 Å². The van der Waals surface area contributed by atoms with Gasteiger partial charge in [0.2, 0.25) is 0 Å². The van der Waals surface area contributed by atoms with Crippen molar-refractivity contribution >= 4 is 6.09 Å². The highest BCUT2D eigenvalue weighted by atomic mass is 16.4. The second-order valence-electron chi connectivity index (χ2n) is 7.75. The van der Waals surface area contributed by atoms with Crippen molar-refractivity contribution in [2.24, 2.45) is 5.73 Å². The minimum atomic E-state index is -1.33. The monoisotopic (exact) mass is 405 g/mol. The molecule has 0 rings (SSSR count). The quantitative estimate of drug-likeness (QED) is 0.194. The predicted molar refractivity (Wildman–Crippen MR) is 115 cm³/mol. The summed E-state index contributed by atoms with van der Waals surface area (Å²) in [6, 6.07) is 0. The summed E-state index contributed by atoms with van der Waals surface area (Å²) in [4.78, 5) is 8.78. The first-order chi connectivity index (χ1) is 13.5. The molecule has 0 spiro atoms. The molecule has 0 aliphatic carbocycles. The van der Waals surface area contributed by atoms with Gasteiger partial charge in [-0.1, -0.05) is 110 Å². The first kappa shape index (κ1) is 29.4. The first-order valence-corrected chi connectivity index (χ1v) is 11.4. The van der Waals surface area contributed by atoms with E-state index in [4.69, 9.17) is 15.0 Å². The van der Waals surface area contributed by atoms with E-state index in [1.54, 1.807) is 0 Å². The standard InChI is InChI=1S/C21H44O3.CH3NO2/c1-2-3-4-5-6-7-8-9-10-11-12-13-14-15-16-17-18-20(23)21(24)19-22;2-1(3)4/h20-24H,2-19H2,1H3;2H2,(H,3,4). The Balaban J connectivity index is 0. The van der Waals surface area contributed by atoms with E-state index < -0.39 is 18.3 Å². The molecular weight excluding hydrogens is 358 g/mol. The van der Waals surface area contributed by atoms with Gasteiger partial charge >= 0.3 is 6.09 Å². The van der Waals surface area contributed by atoms with Gasteiger partial charge in [-0.3, -0.25) is 0 Å². The number of rotatable bonds is 19. The number of aliphatic hydroxyl groups is 3. The molecule has 6 nitrogen and oxygen atoms in total. The van der Waals surface area contributed by atoms with Crippen LogP contribution in [0.25, 0.3) is 0 Å². The van der Waals surface area contributed by atoms with Crippen LogP contribution in [0.3, 0.4) is 0 Å². The Labute approximate surface area is 172 Å². The molecule has 0 saturated heterocycles. The Morgan fingerprint density at radius 3 is 1.25 bits per heavy atom. The van der Waals surface area contributed by atoms with Gasteiger partial charge in [-0.25, -0.2) is 4.79 Å². The van der Waals surface area contributed by atoms with Gasteiger partial charge in [0.15, 0.2) is 0 Å². The van der Waals surface area contributed by atoms with Crippen molar-refractivity contribution in [1.82, 2.24) is 0 Å². The lowest BCUT2D eigenvalue weighted by atomic mass is 10.0. The summed E-state index contributed by atoms with van der Waals surface area (Å²) in [5.74, 6) is 0. The van der Waals surface area contributed by atoms with Gasteiger partial charge in [0.05, 0.1) is 12.7 Å². The van der Waals surface area contributed by atoms with Gasteiger partial charge in [0.1, 0.15) is 6.10 Å². The number of hydrogen-bond acceptors (Lipinski definition) is 4. The Kier molecular flexibility index (Phi) is 25.4. The van der Waals surface area contributed by atoms with Crippen molar-refractivity contribution in [3.8, 4) is 0 Å². The summed E-state index contributed by atoms with van der Waals surface area (Å²) in [5.41, 5.74) is 4.03. The topological polar surface area (TPSA) is 124 Å². The first-order valence-electron chi connectivity index (χ1n) is 11.4. The lowest BCUT2D eigenvalue weighted by Crippen LogP contribution is -2.28. The lowest BCUT2D eigenvalue weighted by Gasteiger charge is -2.14. The zero-order valence-corrected chi connectivity index (χ0v) is 18.2. The number of unbranched alkanes of at least 4 members (excludes halogenated alkanes) is 15. The van der Waals surface area contributed by atoms with E-state index in [9.17, 15) is 10.2 Å². The number of aliphatic hydroxyl groups excluding tert-OH is 3. The van der Waals surface area contributed by atoms with Crippen LogP contribution in [0.15, 0.2) is 0 Å². The molecular formula is C22H47NO5. The smallest absolute Gasteiger partial charge is 0.402 e. The molecule has 0 heterocycles. The second-order valence-corrected chi connectivity index (χ2v) is 7.75. The molecule has 1 amide bonds. The van der Waals surface area contributed by atoms with Crippen molar-refractivity contribution in [3.63, 3.8) is 0 Å². The summed E-state index contributed by atoms with van der Waals surface area (Å²) in [6.07, 6.45) is 18.9. The maximum absolute atomic E-state index is 9.52. The maximum atomic E-state index is 9.52. The molecule has 0 radical (unpaired) electrons. The minimum absolute atomic E-state index is 0.347. The van der Waals surface area contributed by atoms with Crippen LogP contribution < -0.4 is 5.73 Å². The normalized spacial score (nSPS) is 12.9. The van der Waals surface area contributed by atoms with Crippen molar-refractivity contribution in [1.29, 1.82) is 0 Å². The van der Waals surface area contributed by atoms with E-state index in [0.29, 0.717) is 6.42 Å². The van der Waals surface area contributed by atoms with Crippen molar-refractivity contribution in [3.05, 3.63) is 0 Å². The lowest BCUT2D eigenvalue weighted by molar-refractivity contribution is -0.0185. The van der Waals surface area contributed by atoms with Gasteiger partial charge in [0, 0.05) is 0 Å². The zero-order chi connectivity index (χ0) is 21.5. The molecule has 28 heavy (non-hydrogen) atoms. The summed E-state index contributed by atoms with van der Waals surface area (Å²) < 4.78 is 0. The SMILES string of the molecule is CCCCCCCCCCCCCCCCCCC(O)C(O)CO.NC(=O)O. The molecule has 0 fully saturated rings. The average Bonchev–Trinajstić information content (AvgIpc) is 2.66. The molecule has 0 saturated carbocycles. The minimum Gasteiger partial charge on any atom is -0.465 e. The highest BCUT2D eigenvalue weighted by Crippen LogP contribution is 2.14. The van der Waals surface area contributed by atoms with Crippen LogP contribution >= 0.6 is 0 Å². The van der Waals surface area contributed by atoms with E-state index in [-0.39, 0.29) is 6.61 Å². The fourth-order valence-electron chi connectivity index (χ4n) is 3.22. The van der Waals surface area contributed by atoms with E-state index >= 15 is 0 Å². The third-order valence-electron chi connectivity index (χ3n) is 4.98. The third-order valence-corrected chi connectivity index (χ3v) is 4.98. The fourth-order valence-corrected chi connectivity index (χ4v) is 3.22. The summed E-state index contributed by atoms with van der Waals surface area (Å²) >= 11 is 0. The van der Waals surface area contributed by atoms with Gasteiger partial charge in [-0.15, -0.1) is 0 Å². The largest absolute Gasteiger partial charge is 0.465 e. The Morgan fingerprint density at radius 1 is 0.679 bits per heavy atom. The fraction of sp³-hybridized carbons (Fsp3) is 0.955. The van der Waals surface area contributed by atoms with Gasteiger partial charge in [-0.2, -0.15) is 0 Å². The number of primary amides is 1. The molecule has 170 valence electrons. The Hall–Kier alpha value is -0.850. The molecule has 0 bridgehead atoms. The molecule has 0 aromatic carbocycles. The molecule has 6 heteroatoms. The summed E-state index contributed by atoms with van der Waals surface area (Å²) in [6.45, 7) is 1.93. The second kappa shape index (κ2) is 24.2. The van der Waals surface area contributed by atoms with Crippen LogP contribution in [-0.2, 0) is 0 Å². The molecule has 0 aliphatic heterocycles. The third kappa shape index (κ3) is 27.4. The summed E-state index contributed by atoms with van der Waals surface area (Å²) in [5, 5.41) is 34.7. The highest BCUT2D eigenvalue weighted by Gasteiger charge is 2.13. The average molecular weight is 406 g/mol. The highest BCUT2D eigenvalue weighted by molar-refractivity contribution is 5.61. The van der Waals surface area contributed by atoms with Crippen LogP contribution in [0.4, 0.5) is 4.79 Å². The number of hydrogen-bond donors (Lipinski definition) is 5. The molecule has 0 aromatic heterocycles. The van der Waals surface area contributed by atoms with E-state index in [1.165, 1.54) is 89.9 Å². The zero-order valence-electron chi connectivity index (χ0n) is 18.2. The molecule has 2 unspecified atom stereocenters. The Bertz CT molecular complexity index is 311. The van der Waals surface area contributed by atoms with Crippen LogP contribution in [0.5, 0.6) is 0 Å². The van der Waals surface area contributed by atoms with Crippen LogP contribution in [0, 0.1) is 0 Å². The van der Waals surface area contributed by atoms with E-state index in [0.717, 1.165) is 12.8 Å². The van der Waals surface area contributed by atoms with Crippen LogP contribution in [0.2, 0.25) is 0 Å². The maximum Gasteiger partial charge on any atom is 0.402 e. The molecule has 6 N–H and O–H groups in total. The van der Waals surface area contributed by atoms with Crippen LogP contribution in [0.1, 0.15) is 116 Å². The molecule has 2 atom stereocenters. The molecule has 0 aliphatic rings. The number of carbonyl (C=O) groups is 1. The van der Waals surface area contributed by atoms with Gasteiger partial charge < -0.3 is 26.2 Å². The number of carboxylic acid groups (broad SMARTS) is 1. The summed E-state index contributed by atoms with van der Waals surface area (Å²) in [7, 11) is 0. The van der Waals surface area contributed by atoms with Crippen molar-refractivity contribution in [2.45, 2.75) is 128 Å². The number of amides is 1. The van der Waals surface area contributed by atoms with Gasteiger partial charge in [-0.05, 0) is 6.42 Å². The number of nitrogens with two attached hydrogens (primary N) is 1. The molecule has 0 aromatic rings. The van der Waals surface area contributed by atoms with Crippen LogP contribution in [-0.4, -0.2) is 45.3 Å². The van der Waals surface area contributed by atoms with Crippen molar-refractivity contribution < 1.29 is 25.2 Å².